The van der Waals surface area contributed by atoms with Crippen molar-refractivity contribution in [1.82, 2.24) is 9.78 Å². The predicted octanol–water partition coefficient (Wildman–Crippen LogP) is 3.87. The molecule has 0 radical (unpaired) electrons. The number of hydrogen-bond acceptors (Lipinski definition) is 6. The largest absolute Gasteiger partial charge is 0.461 e. The molecule has 2 aromatic carbocycles. The Morgan fingerprint density at radius 2 is 1.61 bits per heavy atom. The van der Waals surface area contributed by atoms with E-state index in [0.717, 1.165) is 0 Å². The van der Waals surface area contributed by atoms with Gasteiger partial charge < -0.3 is 14.8 Å². The Kier molecular flexibility index (Phi) is 7.00. The molecule has 0 atom stereocenters. The lowest BCUT2D eigenvalue weighted by Gasteiger charge is -2.09. The number of carbonyl (C=O) groups is 3. The number of esters is 1. The number of carbonyl (C=O) groups excluding carboxylic acids is 3. The van der Waals surface area contributed by atoms with E-state index in [2.05, 4.69) is 15.7 Å². The maximum Gasteiger partial charge on any atom is 0.411 e. The van der Waals surface area contributed by atoms with Crippen molar-refractivity contribution < 1.29 is 23.9 Å². The van der Waals surface area contributed by atoms with Crippen LogP contribution in [0, 0.1) is 0 Å². The number of benzene rings is 2. The zero-order valence-corrected chi connectivity index (χ0v) is 17.1. The molecule has 2 N–H and O–H groups in total. The van der Waals surface area contributed by atoms with E-state index in [9.17, 15) is 14.4 Å². The van der Waals surface area contributed by atoms with Crippen molar-refractivity contribution in [3.8, 4) is 5.69 Å². The summed E-state index contributed by atoms with van der Waals surface area (Å²) in [6.45, 7) is 3.95. The highest BCUT2D eigenvalue weighted by Gasteiger charge is 2.12. The molecule has 2 amide bonds. The molecule has 0 fully saturated rings. The smallest absolute Gasteiger partial charge is 0.411 e. The fraction of sp³-hybridized carbons (Fsp3) is 0.182. The minimum absolute atomic E-state index is 0.196. The van der Waals surface area contributed by atoms with Gasteiger partial charge in [-0.15, -0.1) is 0 Å². The third-order valence-electron chi connectivity index (χ3n) is 4.09. The van der Waals surface area contributed by atoms with E-state index >= 15 is 0 Å². The maximum atomic E-state index is 12.7. The summed E-state index contributed by atoms with van der Waals surface area (Å²) in [6.07, 6.45) is 1.05. The molecular formula is C22H22N4O5. The fourth-order valence-electron chi connectivity index (χ4n) is 2.73. The summed E-state index contributed by atoms with van der Waals surface area (Å²) in [5, 5.41) is 9.58. The van der Waals surface area contributed by atoms with Crippen molar-refractivity contribution in [2.45, 2.75) is 13.8 Å². The van der Waals surface area contributed by atoms with E-state index in [1.165, 1.54) is 4.68 Å². The monoisotopic (exact) mass is 422 g/mol. The van der Waals surface area contributed by atoms with Gasteiger partial charge in [-0.05, 0) is 56.3 Å². The summed E-state index contributed by atoms with van der Waals surface area (Å²) in [5.41, 5.74) is 2.21. The van der Waals surface area contributed by atoms with Gasteiger partial charge in [0, 0.05) is 23.1 Å². The van der Waals surface area contributed by atoms with E-state index in [1.54, 1.807) is 74.6 Å². The first-order valence-corrected chi connectivity index (χ1v) is 9.68. The molecule has 0 aliphatic carbocycles. The zero-order chi connectivity index (χ0) is 22.2. The van der Waals surface area contributed by atoms with Gasteiger partial charge in [-0.1, -0.05) is 12.1 Å². The first-order valence-electron chi connectivity index (χ1n) is 9.68. The summed E-state index contributed by atoms with van der Waals surface area (Å²) in [5.74, 6) is -0.848. The number of ether oxygens (including phenoxy) is 2. The SMILES string of the molecule is CCOC(=O)Nc1cccc(C(=O)Nc2cccc(-n3ccc(C(=O)OCC)n3)c2)c1. The maximum absolute atomic E-state index is 12.7. The van der Waals surface area contributed by atoms with Gasteiger partial charge in [-0.3, -0.25) is 10.1 Å². The van der Waals surface area contributed by atoms with Gasteiger partial charge in [0.15, 0.2) is 5.69 Å². The fourth-order valence-corrected chi connectivity index (χ4v) is 2.73. The number of rotatable bonds is 7. The van der Waals surface area contributed by atoms with Crippen LogP contribution in [-0.4, -0.2) is 41.0 Å². The molecule has 0 spiro atoms. The highest BCUT2D eigenvalue weighted by atomic mass is 16.5. The lowest BCUT2D eigenvalue weighted by Crippen LogP contribution is -2.15. The average Bonchev–Trinajstić information content (AvgIpc) is 3.25. The van der Waals surface area contributed by atoms with Crippen LogP contribution in [0.3, 0.4) is 0 Å². The lowest BCUT2D eigenvalue weighted by molar-refractivity contribution is 0.0518. The summed E-state index contributed by atoms with van der Waals surface area (Å²) < 4.78 is 11.3. The van der Waals surface area contributed by atoms with Crippen molar-refractivity contribution in [1.29, 1.82) is 0 Å². The second-order valence-electron chi connectivity index (χ2n) is 6.30. The Balaban J connectivity index is 1.72. The van der Waals surface area contributed by atoms with Crippen LogP contribution in [0.5, 0.6) is 0 Å². The number of anilines is 2. The highest BCUT2D eigenvalue weighted by Crippen LogP contribution is 2.17. The molecule has 0 aliphatic rings. The first kappa shape index (κ1) is 21.6. The molecule has 9 nitrogen and oxygen atoms in total. The summed E-state index contributed by atoms with van der Waals surface area (Å²) in [4.78, 5) is 36.0. The molecule has 160 valence electrons. The summed E-state index contributed by atoms with van der Waals surface area (Å²) in [7, 11) is 0. The molecule has 9 heteroatoms. The van der Waals surface area contributed by atoms with Gasteiger partial charge in [0.1, 0.15) is 0 Å². The van der Waals surface area contributed by atoms with Gasteiger partial charge >= 0.3 is 12.1 Å². The predicted molar refractivity (Wildman–Crippen MR) is 115 cm³/mol. The topological polar surface area (TPSA) is 112 Å². The number of nitrogens with zero attached hydrogens (tertiary/aromatic N) is 2. The normalized spacial score (nSPS) is 10.3. The Hall–Kier alpha value is -4.14. The number of amides is 2. The quantitative estimate of drug-likeness (QED) is 0.559. The third kappa shape index (κ3) is 5.69. The first-order chi connectivity index (χ1) is 15.0. The van der Waals surface area contributed by atoms with Crippen LogP contribution in [0.25, 0.3) is 5.69 Å². The molecular weight excluding hydrogens is 400 g/mol. The van der Waals surface area contributed by atoms with Crippen molar-refractivity contribution in [2.75, 3.05) is 23.8 Å². The van der Waals surface area contributed by atoms with Gasteiger partial charge in [-0.25, -0.2) is 14.3 Å². The van der Waals surface area contributed by atoms with Crippen LogP contribution in [0.15, 0.2) is 60.8 Å². The highest BCUT2D eigenvalue weighted by molar-refractivity contribution is 6.05. The van der Waals surface area contributed by atoms with Gasteiger partial charge in [0.05, 0.1) is 18.9 Å². The second-order valence-corrected chi connectivity index (χ2v) is 6.30. The van der Waals surface area contributed by atoms with Crippen LogP contribution in [0.4, 0.5) is 16.2 Å². The molecule has 1 heterocycles. The number of hydrogen-bond donors (Lipinski definition) is 2. The van der Waals surface area contributed by atoms with Crippen LogP contribution < -0.4 is 10.6 Å². The van der Waals surface area contributed by atoms with E-state index in [-0.39, 0.29) is 24.8 Å². The van der Waals surface area contributed by atoms with Gasteiger partial charge in [-0.2, -0.15) is 5.10 Å². The lowest BCUT2D eigenvalue weighted by atomic mass is 10.2. The van der Waals surface area contributed by atoms with Crippen LogP contribution >= 0.6 is 0 Å². The van der Waals surface area contributed by atoms with Crippen LogP contribution in [-0.2, 0) is 9.47 Å². The van der Waals surface area contributed by atoms with E-state index in [4.69, 9.17) is 9.47 Å². The Morgan fingerprint density at radius 1 is 0.903 bits per heavy atom. The summed E-state index contributed by atoms with van der Waals surface area (Å²) >= 11 is 0. The number of nitrogens with one attached hydrogen (secondary N) is 2. The zero-order valence-electron chi connectivity index (χ0n) is 17.1. The van der Waals surface area contributed by atoms with Crippen LogP contribution in [0.2, 0.25) is 0 Å². The van der Waals surface area contributed by atoms with Crippen LogP contribution in [0.1, 0.15) is 34.7 Å². The van der Waals surface area contributed by atoms with Crippen molar-refractivity contribution in [3.63, 3.8) is 0 Å². The molecule has 0 unspecified atom stereocenters. The molecule has 3 rings (SSSR count). The Labute approximate surface area is 179 Å². The minimum Gasteiger partial charge on any atom is -0.461 e. The molecule has 3 aromatic rings. The average molecular weight is 422 g/mol. The second kappa shape index (κ2) is 10.1. The molecule has 1 aromatic heterocycles. The Morgan fingerprint density at radius 3 is 2.35 bits per heavy atom. The van der Waals surface area contributed by atoms with E-state index in [1.807, 2.05) is 0 Å². The van der Waals surface area contributed by atoms with E-state index < -0.39 is 12.1 Å². The van der Waals surface area contributed by atoms with E-state index in [0.29, 0.717) is 22.6 Å². The number of aromatic nitrogens is 2. The summed E-state index contributed by atoms with van der Waals surface area (Å²) in [6, 6.07) is 15.1. The third-order valence-corrected chi connectivity index (χ3v) is 4.09. The molecule has 0 saturated carbocycles. The molecule has 0 bridgehead atoms. The molecule has 31 heavy (non-hydrogen) atoms. The molecule has 0 saturated heterocycles. The van der Waals surface area contributed by atoms with Crippen molar-refractivity contribution in [3.05, 3.63) is 72.1 Å². The minimum atomic E-state index is -0.589. The van der Waals surface area contributed by atoms with Crippen molar-refractivity contribution in [2.24, 2.45) is 0 Å². The van der Waals surface area contributed by atoms with Crippen molar-refractivity contribution >= 4 is 29.3 Å². The molecule has 0 aliphatic heterocycles. The van der Waals surface area contributed by atoms with Gasteiger partial charge in [0.25, 0.3) is 5.91 Å². The Bertz CT molecular complexity index is 1090. The standard InChI is InChI=1S/C22H22N4O5/c1-3-30-21(28)19-11-12-26(25-19)18-10-6-9-17(14-18)23-20(27)15-7-5-8-16(13-15)24-22(29)31-4-2/h5-14H,3-4H2,1-2H3,(H,23,27)(H,24,29). The van der Waals surface area contributed by atoms with Gasteiger partial charge in [0.2, 0.25) is 0 Å².